The molecule has 8 atom stereocenters. The van der Waals surface area contributed by atoms with Crippen molar-refractivity contribution >= 4 is 53.2 Å². The molecule has 1 unspecified atom stereocenters. The van der Waals surface area contributed by atoms with Crippen molar-refractivity contribution in [2.24, 2.45) is 17.8 Å². The third-order valence-corrected chi connectivity index (χ3v) is 11.5. The van der Waals surface area contributed by atoms with E-state index in [-0.39, 0.29) is 48.5 Å². The summed E-state index contributed by atoms with van der Waals surface area (Å²) < 4.78 is 17.6. The second kappa shape index (κ2) is 28.4. The molecule has 15 nitrogen and oxygen atoms in total. The number of alkyl carbamates (subject to hydrolysis) is 1. The van der Waals surface area contributed by atoms with Gasteiger partial charge in [0.05, 0.1) is 30.7 Å². The predicted molar refractivity (Wildman–Crippen MR) is 257 cm³/mol. The smallest absolute Gasteiger partial charge is 0.408 e. The van der Waals surface area contributed by atoms with E-state index >= 15 is 0 Å². The average Bonchev–Trinajstić information content (AvgIpc) is 3.23. The van der Waals surface area contributed by atoms with Gasteiger partial charge in [-0.3, -0.25) is 24.0 Å². The summed E-state index contributed by atoms with van der Waals surface area (Å²) in [4.78, 5) is 96.1. The van der Waals surface area contributed by atoms with Gasteiger partial charge < -0.3 is 40.0 Å². The molecule has 366 valence electrons. The van der Waals surface area contributed by atoms with Crippen LogP contribution in [0.3, 0.4) is 0 Å². The summed E-state index contributed by atoms with van der Waals surface area (Å²) >= 11 is 1.50. The summed E-state index contributed by atoms with van der Waals surface area (Å²) in [5.74, 6) is -3.23. The van der Waals surface area contributed by atoms with Gasteiger partial charge in [0, 0.05) is 32.0 Å². The summed E-state index contributed by atoms with van der Waals surface area (Å²) in [6.07, 6.45) is 4.55. The third kappa shape index (κ3) is 20.6. The lowest BCUT2D eigenvalue weighted by Crippen LogP contribution is -2.56. The zero-order valence-corrected chi connectivity index (χ0v) is 42.7. The van der Waals surface area contributed by atoms with E-state index in [4.69, 9.17) is 14.2 Å². The molecule has 1 aromatic carbocycles. The van der Waals surface area contributed by atoms with Gasteiger partial charge in [-0.1, -0.05) is 89.1 Å². The Morgan fingerprint density at radius 2 is 1.48 bits per heavy atom. The monoisotopic (exact) mass is 930 g/mol. The summed E-state index contributed by atoms with van der Waals surface area (Å²) in [6.45, 7) is 22.8. The normalized spacial score (nSPS) is 15.8. The molecule has 0 aromatic heterocycles. The highest BCUT2D eigenvalue weighted by Gasteiger charge is 2.35. The van der Waals surface area contributed by atoms with Crippen LogP contribution in [0.5, 0.6) is 0 Å². The molecule has 0 saturated carbocycles. The molecule has 0 aliphatic carbocycles. The lowest BCUT2D eigenvalue weighted by Gasteiger charge is -2.33. The summed E-state index contributed by atoms with van der Waals surface area (Å²) in [5, 5.41) is 8.43. The Morgan fingerprint density at radius 3 is 2.00 bits per heavy atom. The van der Waals surface area contributed by atoms with E-state index in [0.29, 0.717) is 18.8 Å². The van der Waals surface area contributed by atoms with Crippen molar-refractivity contribution in [1.82, 2.24) is 25.8 Å². The molecule has 0 radical (unpaired) electrons. The summed E-state index contributed by atoms with van der Waals surface area (Å²) in [5.41, 5.74) is 1.24. The van der Waals surface area contributed by atoms with Gasteiger partial charge >= 0.3 is 12.1 Å². The van der Waals surface area contributed by atoms with Crippen LogP contribution in [-0.4, -0.2) is 126 Å². The second-order valence-electron chi connectivity index (χ2n) is 18.4. The maximum Gasteiger partial charge on any atom is 0.408 e. The first-order chi connectivity index (χ1) is 30.3. The van der Waals surface area contributed by atoms with Gasteiger partial charge in [0.1, 0.15) is 17.7 Å². The third-order valence-electron chi connectivity index (χ3n) is 11.2. The number of nitrogens with zero attached hydrogens (tertiary/aromatic N) is 2. The summed E-state index contributed by atoms with van der Waals surface area (Å²) in [6, 6.07) is 5.79. The molecule has 1 rings (SSSR count). The Bertz CT molecular complexity index is 1800. The number of esters is 1. The first kappa shape index (κ1) is 58.3. The summed E-state index contributed by atoms with van der Waals surface area (Å²) in [7, 11) is 2.92. The number of rotatable bonds is 26. The number of carbonyl (C=O) groups excluding carboxylic acids is 7. The molecule has 0 saturated heterocycles. The number of likely N-dealkylation sites (N-methyl/N-ethyl adjacent to an activating group) is 2. The number of Topliss-reactive ketones (excluding diaryl/α,β-unsaturated/α-hetero) is 1. The van der Waals surface area contributed by atoms with Crippen LogP contribution in [0.2, 0.25) is 0 Å². The van der Waals surface area contributed by atoms with Gasteiger partial charge in [0.2, 0.25) is 17.7 Å². The molecular formula is C49H79N5O10S. The Hall–Kier alpha value is -4.70. The van der Waals surface area contributed by atoms with Crippen LogP contribution in [0.4, 0.5) is 4.79 Å². The zero-order valence-electron chi connectivity index (χ0n) is 41.9. The largest absolute Gasteiger partial charge is 0.449 e. The van der Waals surface area contributed by atoms with Crippen molar-refractivity contribution < 1.29 is 47.8 Å². The maximum absolute atomic E-state index is 14.0. The van der Waals surface area contributed by atoms with Gasteiger partial charge in [-0.15, -0.1) is 11.8 Å². The first-order valence-electron chi connectivity index (χ1n) is 22.5. The number of allylic oxidation sites excluding steroid dienone is 1. The minimum absolute atomic E-state index is 0.0671. The van der Waals surface area contributed by atoms with Crippen LogP contribution >= 0.6 is 11.8 Å². The van der Waals surface area contributed by atoms with Crippen LogP contribution in [0.1, 0.15) is 115 Å². The van der Waals surface area contributed by atoms with Crippen LogP contribution < -0.4 is 16.0 Å². The average molecular weight is 930 g/mol. The minimum Gasteiger partial charge on any atom is -0.449 e. The van der Waals surface area contributed by atoms with E-state index in [2.05, 4.69) is 16.0 Å². The molecule has 0 aliphatic heterocycles. The fraction of sp³-hybridized carbons (Fsp3) is 0.653. The number of nitrogens with one attached hydrogen (secondary N) is 3. The van der Waals surface area contributed by atoms with E-state index in [1.165, 1.54) is 49.5 Å². The Balaban J connectivity index is 3.28. The second-order valence-corrected chi connectivity index (χ2v) is 19.2. The molecule has 0 heterocycles. The Morgan fingerprint density at radius 1 is 0.862 bits per heavy atom. The van der Waals surface area contributed by atoms with Crippen LogP contribution in [-0.2, 0) is 49.4 Å². The lowest BCUT2D eigenvalue weighted by molar-refractivity contribution is -0.154. The van der Waals surface area contributed by atoms with E-state index < -0.39 is 77.7 Å². The molecule has 1 aromatic rings. The molecule has 65 heavy (non-hydrogen) atoms. The van der Waals surface area contributed by atoms with Gasteiger partial charge in [0.15, 0.2) is 11.9 Å². The standard InChI is InChI=1S/C49H79N5O10S/c1-17-31(5)42(52-48(61)64-49(11,12)13)34(8)39(62-29-65-16)25-24-33(7)47(60)63-40(26-30(3)4)44(57)50-35(9)45(58)54(15)38(27-37-22-20-19-21-23-37)46(59)53(14)28-41(56)51-43(36(10)55)32(6)18-2/h17,19-24,30,32,34-35,38-40,42-43H,18,25-29H2,1-16H3,(H,50,57)(H,51,56)(H,52,61)/b31-17+,33-24+/t32?,34-,35-,38+,39+,40+,42+,43-/m0/s1. The SMILES string of the molecule is C/C=C(\C)[C@@H](NC(=O)OC(C)(C)C)[C@@H](C)[C@@H](C/C=C(\C)C(=O)O[C@H](CC(C)C)C(=O)N[C@@H](C)C(=O)N(C)[C@H](Cc1ccccc1)C(=O)N(C)CC(=O)N[C@H](C(C)=O)C(C)CC)OCSC. The topological polar surface area (TPSA) is 190 Å². The zero-order chi connectivity index (χ0) is 49.8. The van der Waals surface area contributed by atoms with Crippen molar-refractivity contribution in [2.45, 2.75) is 158 Å². The van der Waals surface area contributed by atoms with E-state index in [0.717, 1.165) is 11.1 Å². The van der Waals surface area contributed by atoms with Crippen molar-refractivity contribution in [1.29, 1.82) is 0 Å². The lowest BCUT2D eigenvalue weighted by atomic mass is 9.88. The molecule has 5 amide bonds. The molecule has 16 heteroatoms. The van der Waals surface area contributed by atoms with Crippen LogP contribution in [0.15, 0.2) is 53.6 Å². The predicted octanol–water partition coefficient (Wildman–Crippen LogP) is 6.63. The fourth-order valence-electron chi connectivity index (χ4n) is 7.02. The van der Waals surface area contributed by atoms with Crippen LogP contribution in [0, 0.1) is 17.8 Å². The van der Waals surface area contributed by atoms with Gasteiger partial charge in [0.25, 0.3) is 5.91 Å². The van der Waals surface area contributed by atoms with Crippen molar-refractivity contribution in [3.63, 3.8) is 0 Å². The number of ether oxygens (including phenoxy) is 3. The molecule has 0 aliphatic rings. The van der Waals surface area contributed by atoms with Crippen LogP contribution in [0.25, 0.3) is 0 Å². The Kier molecular flexibility index (Phi) is 25.4. The highest BCUT2D eigenvalue weighted by Crippen LogP contribution is 2.24. The molecule has 0 spiro atoms. The highest BCUT2D eigenvalue weighted by atomic mass is 32.2. The highest BCUT2D eigenvalue weighted by molar-refractivity contribution is 7.98. The Labute approximate surface area is 393 Å². The van der Waals surface area contributed by atoms with E-state index in [9.17, 15) is 33.6 Å². The fourth-order valence-corrected chi connectivity index (χ4v) is 7.33. The van der Waals surface area contributed by atoms with Gasteiger partial charge in [-0.2, -0.15) is 0 Å². The van der Waals surface area contributed by atoms with Gasteiger partial charge in [-0.25, -0.2) is 9.59 Å². The minimum atomic E-state index is -1.24. The number of thioether (sulfide) groups is 1. The number of carbonyl (C=O) groups is 7. The molecular weight excluding hydrogens is 851 g/mol. The maximum atomic E-state index is 14.0. The first-order valence-corrected chi connectivity index (χ1v) is 23.9. The molecule has 0 fully saturated rings. The number of hydrogen-bond donors (Lipinski definition) is 3. The van der Waals surface area contributed by atoms with Crippen molar-refractivity contribution in [3.8, 4) is 0 Å². The van der Waals surface area contributed by atoms with Crippen molar-refractivity contribution in [2.75, 3.05) is 32.8 Å². The molecule has 0 bridgehead atoms. The van der Waals surface area contributed by atoms with E-state index in [1.807, 2.05) is 91.1 Å². The van der Waals surface area contributed by atoms with Gasteiger partial charge in [-0.05, 0) is 91.9 Å². The molecule has 3 N–H and O–H groups in total. The quantitative estimate of drug-likeness (QED) is 0.0391. The number of benzene rings is 1. The van der Waals surface area contributed by atoms with Crippen molar-refractivity contribution in [3.05, 3.63) is 59.2 Å². The van der Waals surface area contributed by atoms with E-state index in [1.54, 1.807) is 33.8 Å². The number of ketones is 1. The number of amides is 5. The number of hydrogen-bond acceptors (Lipinski definition) is 11.